The van der Waals surface area contributed by atoms with Crippen LogP contribution in [0.4, 0.5) is 0 Å². The smallest absolute Gasteiger partial charge is 0.240 e. The summed E-state index contributed by atoms with van der Waals surface area (Å²) in [5.41, 5.74) is 1.53. The van der Waals surface area contributed by atoms with Gasteiger partial charge in [-0.25, -0.2) is 13.1 Å². The third kappa shape index (κ3) is 6.76. The van der Waals surface area contributed by atoms with Crippen LogP contribution in [0.2, 0.25) is 0 Å². The zero-order valence-electron chi connectivity index (χ0n) is 17.3. The van der Waals surface area contributed by atoms with Gasteiger partial charge in [-0.15, -0.1) is 0 Å². The molecule has 7 nitrogen and oxygen atoms in total. The summed E-state index contributed by atoms with van der Waals surface area (Å²) in [5, 5.41) is 0. The van der Waals surface area contributed by atoms with Gasteiger partial charge in [0.1, 0.15) is 18.1 Å². The minimum Gasteiger partial charge on any atom is -0.497 e. The van der Waals surface area contributed by atoms with Crippen molar-refractivity contribution in [1.29, 1.82) is 0 Å². The molecule has 0 aliphatic carbocycles. The van der Waals surface area contributed by atoms with Crippen molar-refractivity contribution in [3.63, 3.8) is 0 Å². The van der Waals surface area contributed by atoms with Crippen molar-refractivity contribution in [2.24, 2.45) is 0 Å². The molecule has 0 aliphatic rings. The van der Waals surface area contributed by atoms with Crippen LogP contribution < -0.4 is 14.2 Å². The number of hydrogen-bond acceptors (Lipinski definition) is 5. The van der Waals surface area contributed by atoms with Crippen LogP contribution in [0.5, 0.6) is 11.5 Å². The molecule has 29 heavy (non-hydrogen) atoms. The van der Waals surface area contributed by atoms with Crippen LogP contribution in [0, 0.1) is 13.8 Å². The molecule has 8 heteroatoms. The average Bonchev–Trinajstić information content (AvgIpc) is 2.69. The molecule has 2 rings (SSSR count). The van der Waals surface area contributed by atoms with E-state index in [0.717, 1.165) is 11.3 Å². The number of methoxy groups -OCH3 is 1. The fraction of sp³-hybridized carbons (Fsp3) is 0.381. The number of ether oxygens (including phenoxy) is 2. The van der Waals surface area contributed by atoms with Crippen molar-refractivity contribution < 1.29 is 22.7 Å². The van der Waals surface area contributed by atoms with E-state index < -0.39 is 10.0 Å². The predicted octanol–water partition coefficient (Wildman–Crippen LogP) is 2.52. The molecule has 158 valence electrons. The molecule has 0 spiro atoms. The number of benzene rings is 2. The molecule has 0 aliphatic heterocycles. The normalized spacial score (nSPS) is 11.2. The van der Waals surface area contributed by atoms with Crippen LogP contribution >= 0.6 is 0 Å². The topological polar surface area (TPSA) is 84.9 Å². The van der Waals surface area contributed by atoms with Gasteiger partial charge in [-0.05, 0) is 55.3 Å². The lowest BCUT2D eigenvalue weighted by molar-refractivity contribution is -0.130. The fourth-order valence-corrected chi connectivity index (χ4v) is 4.01. The van der Waals surface area contributed by atoms with E-state index in [1.54, 1.807) is 57.5 Å². The van der Waals surface area contributed by atoms with Gasteiger partial charge in [-0.3, -0.25) is 4.79 Å². The average molecular weight is 421 g/mol. The van der Waals surface area contributed by atoms with E-state index in [2.05, 4.69) is 4.72 Å². The van der Waals surface area contributed by atoms with Crippen LogP contribution in [-0.2, 0) is 14.8 Å². The van der Waals surface area contributed by atoms with Crippen molar-refractivity contribution in [2.45, 2.75) is 25.2 Å². The molecule has 0 aromatic heterocycles. The highest BCUT2D eigenvalue weighted by Gasteiger charge is 2.17. The first-order chi connectivity index (χ1) is 13.7. The molecule has 2 aromatic carbocycles. The van der Waals surface area contributed by atoms with E-state index in [0.29, 0.717) is 24.5 Å². The number of carbonyl (C=O) groups excluding carboxylic acids is 1. The highest BCUT2D eigenvalue weighted by molar-refractivity contribution is 7.89. The van der Waals surface area contributed by atoms with Gasteiger partial charge in [0.25, 0.3) is 0 Å². The number of nitrogens with one attached hydrogen (secondary N) is 1. The summed E-state index contributed by atoms with van der Waals surface area (Å²) >= 11 is 0. The van der Waals surface area contributed by atoms with E-state index in [4.69, 9.17) is 9.47 Å². The molecule has 0 atom stereocenters. The summed E-state index contributed by atoms with van der Waals surface area (Å²) in [6, 6.07) is 12.4. The lowest BCUT2D eigenvalue weighted by Gasteiger charge is -2.18. The SMILES string of the molecule is COc1ccc(OCCN(C)C(=O)CCNS(=O)(=O)c2cc(C)ccc2C)cc1. The highest BCUT2D eigenvalue weighted by Crippen LogP contribution is 2.17. The predicted molar refractivity (Wildman–Crippen MR) is 112 cm³/mol. The number of rotatable bonds is 10. The summed E-state index contributed by atoms with van der Waals surface area (Å²) in [4.78, 5) is 14.0. The van der Waals surface area contributed by atoms with Gasteiger partial charge in [-0.1, -0.05) is 12.1 Å². The Kier molecular flexibility index (Phi) is 8.04. The fourth-order valence-electron chi connectivity index (χ4n) is 2.65. The highest BCUT2D eigenvalue weighted by atomic mass is 32.2. The minimum absolute atomic E-state index is 0.0399. The Labute approximate surface area is 172 Å². The largest absolute Gasteiger partial charge is 0.497 e. The number of nitrogens with zero attached hydrogens (tertiary/aromatic N) is 1. The second-order valence-corrected chi connectivity index (χ2v) is 8.49. The van der Waals surface area contributed by atoms with E-state index in [1.807, 2.05) is 13.0 Å². The van der Waals surface area contributed by atoms with Gasteiger partial charge in [0.2, 0.25) is 15.9 Å². The molecule has 0 saturated carbocycles. The number of carbonyl (C=O) groups is 1. The summed E-state index contributed by atoms with van der Waals surface area (Å²) < 4.78 is 38.1. The third-order valence-corrected chi connectivity index (χ3v) is 6.05. The Morgan fingerprint density at radius 2 is 1.72 bits per heavy atom. The zero-order chi connectivity index (χ0) is 21.4. The molecule has 0 radical (unpaired) electrons. The third-order valence-electron chi connectivity index (χ3n) is 4.44. The Morgan fingerprint density at radius 1 is 1.07 bits per heavy atom. The number of sulfonamides is 1. The quantitative estimate of drug-likeness (QED) is 0.638. The number of aryl methyl sites for hydroxylation is 2. The Morgan fingerprint density at radius 3 is 2.38 bits per heavy atom. The Bertz CT molecular complexity index is 927. The first kappa shape index (κ1) is 22.7. The number of hydrogen-bond donors (Lipinski definition) is 1. The van der Waals surface area contributed by atoms with E-state index in [-0.39, 0.29) is 23.8 Å². The molecular weight excluding hydrogens is 392 g/mol. The van der Waals surface area contributed by atoms with Gasteiger partial charge in [0.05, 0.1) is 18.6 Å². The zero-order valence-corrected chi connectivity index (χ0v) is 18.1. The van der Waals surface area contributed by atoms with Crippen molar-refractivity contribution in [2.75, 3.05) is 33.9 Å². The van der Waals surface area contributed by atoms with Crippen LogP contribution in [0.15, 0.2) is 47.4 Å². The first-order valence-corrected chi connectivity index (χ1v) is 10.8. The van der Waals surface area contributed by atoms with Gasteiger partial charge in [0, 0.05) is 20.0 Å². The van der Waals surface area contributed by atoms with Crippen LogP contribution in [0.3, 0.4) is 0 Å². The molecule has 0 heterocycles. The van der Waals surface area contributed by atoms with Crippen LogP contribution in [-0.4, -0.2) is 53.1 Å². The second kappa shape index (κ2) is 10.3. The Balaban J connectivity index is 1.77. The maximum atomic E-state index is 12.5. The minimum atomic E-state index is -3.65. The van der Waals surface area contributed by atoms with Crippen molar-refractivity contribution in [3.05, 3.63) is 53.6 Å². The number of amides is 1. The standard InChI is InChI=1S/C21H28N2O5S/c1-16-5-6-17(2)20(15-16)29(25,26)22-12-11-21(24)23(3)13-14-28-19-9-7-18(27-4)8-10-19/h5-10,15,22H,11-14H2,1-4H3. The lowest BCUT2D eigenvalue weighted by atomic mass is 10.2. The summed E-state index contributed by atoms with van der Waals surface area (Å²) in [6.07, 6.45) is 0.0725. The van der Waals surface area contributed by atoms with Gasteiger partial charge >= 0.3 is 0 Å². The molecule has 1 N–H and O–H groups in total. The van der Waals surface area contributed by atoms with Crippen molar-refractivity contribution in [3.8, 4) is 11.5 Å². The van der Waals surface area contributed by atoms with Crippen molar-refractivity contribution >= 4 is 15.9 Å². The summed E-state index contributed by atoms with van der Waals surface area (Å²) in [5.74, 6) is 1.27. The molecule has 0 saturated heterocycles. The van der Waals surface area contributed by atoms with Gasteiger partial charge in [-0.2, -0.15) is 0 Å². The molecular formula is C21H28N2O5S. The Hall–Kier alpha value is -2.58. The van der Waals surface area contributed by atoms with Gasteiger partial charge in [0.15, 0.2) is 0 Å². The molecule has 0 bridgehead atoms. The van der Waals surface area contributed by atoms with E-state index in [9.17, 15) is 13.2 Å². The van der Waals surface area contributed by atoms with Crippen LogP contribution in [0.1, 0.15) is 17.5 Å². The summed E-state index contributed by atoms with van der Waals surface area (Å²) in [6.45, 7) is 4.36. The van der Waals surface area contributed by atoms with E-state index >= 15 is 0 Å². The van der Waals surface area contributed by atoms with Crippen LogP contribution in [0.25, 0.3) is 0 Å². The monoisotopic (exact) mass is 420 g/mol. The molecule has 1 amide bonds. The molecule has 2 aromatic rings. The number of likely N-dealkylation sites (N-methyl/N-ethyl adjacent to an activating group) is 1. The molecule has 0 unspecified atom stereocenters. The maximum absolute atomic E-state index is 12.5. The van der Waals surface area contributed by atoms with E-state index in [1.165, 1.54) is 4.90 Å². The maximum Gasteiger partial charge on any atom is 0.240 e. The first-order valence-electron chi connectivity index (χ1n) is 9.30. The second-order valence-electron chi connectivity index (χ2n) is 6.76. The van der Waals surface area contributed by atoms with Crippen molar-refractivity contribution in [1.82, 2.24) is 9.62 Å². The summed E-state index contributed by atoms with van der Waals surface area (Å²) in [7, 11) is -0.388. The lowest BCUT2D eigenvalue weighted by Crippen LogP contribution is -2.34. The van der Waals surface area contributed by atoms with Gasteiger partial charge < -0.3 is 14.4 Å². The molecule has 0 fully saturated rings.